The summed E-state index contributed by atoms with van der Waals surface area (Å²) in [4.78, 5) is 19.4. The third kappa shape index (κ3) is 4.96. The fourth-order valence-electron chi connectivity index (χ4n) is 9.14. The van der Waals surface area contributed by atoms with E-state index in [0.717, 1.165) is 55.6 Å². The Morgan fingerprint density at radius 2 is 0.807 bits per heavy atom. The molecule has 0 amide bonds. The van der Waals surface area contributed by atoms with Crippen molar-refractivity contribution < 1.29 is 0 Å². The maximum atomic E-state index is 8.22. The van der Waals surface area contributed by atoms with Gasteiger partial charge in [0, 0.05) is 16.7 Å². The third-order valence-corrected chi connectivity index (χ3v) is 11.6. The fraction of sp³-hybridized carbons (Fsp3) is 0.0189. The Labute approximate surface area is 331 Å². The van der Waals surface area contributed by atoms with E-state index in [0.29, 0.717) is 23.2 Å². The Kier molecular flexibility index (Phi) is 7.42. The van der Waals surface area contributed by atoms with Crippen LogP contribution in [0.4, 0.5) is 5.69 Å². The second kappa shape index (κ2) is 12.9. The molecule has 0 saturated carbocycles. The van der Waals surface area contributed by atoms with E-state index in [4.69, 9.17) is 21.5 Å². The van der Waals surface area contributed by atoms with Crippen molar-refractivity contribution in [1.29, 1.82) is 0 Å². The molecule has 1 aromatic heterocycles. The van der Waals surface area contributed by atoms with Gasteiger partial charge in [-0.25, -0.2) is 19.8 Å². The van der Waals surface area contributed by atoms with Gasteiger partial charge in [0.2, 0.25) is 0 Å². The highest BCUT2D eigenvalue weighted by Gasteiger charge is 2.52. The molecule has 0 atom stereocenters. The second-order valence-electron chi connectivity index (χ2n) is 14.6. The van der Waals surface area contributed by atoms with Crippen LogP contribution in [0.3, 0.4) is 0 Å². The van der Waals surface area contributed by atoms with Gasteiger partial charge >= 0.3 is 0 Å². The molecule has 1 spiro atoms. The van der Waals surface area contributed by atoms with Crippen molar-refractivity contribution in [3.63, 3.8) is 0 Å². The zero-order valence-corrected chi connectivity index (χ0v) is 30.8. The highest BCUT2D eigenvalue weighted by atomic mass is 15.0. The van der Waals surface area contributed by atoms with Gasteiger partial charge < -0.3 is 0 Å². The van der Waals surface area contributed by atoms with E-state index in [9.17, 15) is 0 Å². The Bertz CT molecular complexity index is 3030. The number of benzene rings is 8. The topological polar surface area (TPSA) is 43.0 Å². The number of fused-ring (bicyclic) bond motifs is 10. The molecule has 0 bridgehead atoms. The largest absolute Gasteiger partial charge is 0.238 e. The molecule has 2 aliphatic rings. The van der Waals surface area contributed by atoms with Crippen molar-refractivity contribution in [2.45, 2.75) is 5.41 Å². The smallest absolute Gasteiger partial charge is 0.195 e. The lowest BCUT2D eigenvalue weighted by molar-refractivity contribution is 0.794. The van der Waals surface area contributed by atoms with Gasteiger partial charge in [-0.15, -0.1) is 0 Å². The van der Waals surface area contributed by atoms with Gasteiger partial charge in [-0.1, -0.05) is 188 Å². The highest BCUT2D eigenvalue weighted by molar-refractivity contribution is 6.00. The Balaban J connectivity index is 1.11. The maximum Gasteiger partial charge on any atom is 0.195 e. The average molecular weight is 725 g/mol. The van der Waals surface area contributed by atoms with Gasteiger partial charge in [-0.3, -0.25) is 0 Å². The molecular weight excluding hydrogens is 693 g/mol. The molecule has 2 aliphatic carbocycles. The third-order valence-electron chi connectivity index (χ3n) is 11.6. The normalized spacial score (nSPS) is 12.7. The van der Waals surface area contributed by atoms with Crippen LogP contribution in [0, 0.1) is 6.57 Å². The van der Waals surface area contributed by atoms with Crippen LogP contribution in [0.15, 0.2) is 194 Å². The standard InChI is InChI=1S/C53H32N4/c1-54-48-26-14-25-46-49(48)43-32-31-38(33-47(43)53(46)44-23-12-10-20-40(44)41-21-11-13-24-45(41)53)39-19-8-9-22-42(39)52-56-50(36-17-6-3-7-18-36)55-51(57-52)37-29-27-35(28-30-37)34-15-4-2-5-16-34/h2-33H. The predicted octanol–water partition coefficient (Wildman–Crippen LogP) is 13.1. The summed E-state index contributed by atoms with van der Waals surface area (Å²) in [6.07, 6.45) is 0. The van der Waals surface area contributed by atoms with Gasteiger partial charge in [0.05, 0.1) is 12.0 Å². The van der Waals surface area contributed by atoms with Crippen LogP contribution < -0.4 is 0 Å². The van der Waals surface area contributed by atoms with Crippen molar-refractivity contribution in [3.05, 3.63) is 228 Å². The summed E-state index contributed by atoms with van der Waals surface area (Å²) < 4.78 is 0. The van der Waals surface area contributed by atoms with Crippen molar-refractivity contribution in [3.8, 4) is 78.7 Å². The van der Waals surface area contributed by atoms with Crippen LogP contribution in [0.25, 0.3) is 83.5 Å². The summed E-state index contributed by atoms with van der Waals surface area (Å²) in [7, 11) is 0. The van der Waals surface area contributed by atoms with Gasteiger partial charge in [-0.05, 0) is 72.8 Å². The minimum Gasteiger partial charge on any atom is -0.238 e. The lowest BCUT2D eigenvalue weighted by atomic mass is 9.70. The van der Waals surface area contributed by atoms with Gasteiger partial charge in [0.25, 0.3) is 0 Å². The molecule has 0 N–H and O–H groups in total. The van der Waals surface area contributed by atoms with E-state index in [1.165, 1.54) is 27.8 Å². The molecule has 264 valence electrons. The summed E-state index contributed by atoms with van der Waals surface area (Å²) in [5.41, 5.74) is 16.6. The summed E-state index contributed by atoms with van der Waals surface area (Å²) in [5.74, 6) is 1.83. The van der Waals surface area contributed by atoms with E-state index in [1.807, 2.05) is 48.5 Å². The lowest BCUT2D eigenvalue weighted by Gasteiger charge is -2.31. The zero-order chi connectivity index (χ0) is 37.9. The quantitative estimate of drug-likeness (QED) is 0.166. The molecule has 0 radical (unpaired) electrons. The minimum absolute atomic E-state index is 0.573. The number of aromatic nitrogens is 3. The molecule has 0 saturated heterocycles. The van der Waals surface area contributed by atoms with Gasteiger partial charge in [-0.2, -0.15) is 0 Å². The molecule has 0 aliphatic heterocycles. The summed E-state index contributed by atoms with van der Waals surface area (Å²) in [5, 5.41) is 0. The van der Waals surface area contributed by atoms with Crippen LogP contribution >= 0.6 is 0 Å². The molecule has 9 aromatic rings. The van der Waals surface area contributed by atoms with Crippen molar-refractivity contribution in [2.75, 3.05) is 0 Å². The molecule has 11 rings (SSSR count). The molecular formula is C53H32N4. The molecule has 0 fully saturated rings. The SMILES string of the molecule is [C-]#[N+]c1cccc2c1-c1ccc(-c3ccccc3-c3nc(-c4ccccc4)nc(-c4ccc(-c5ccccc5)cc4)n3)cc1C21c2ccccc2-c2ccccc21. The van der Waals surface area contributed by atoms with Crippen molar-refractivity contribution >= 4 is 5.69 Å². The van der Waals surface area contributed by atoms with Crippen LogP contribution in [0.5, 0.6) is 0 Å². The van der Waals surface area contributed by atoms with Crippen LogP contribution in [-0.4, -0.2) is 15.0 Å². The number of hydrogen-bond acceptors (Lipinski definition) is 3. The first-order valence-corrected chi connectivity index (χ1v) is 19.1. The first-order valence-electron chi connectivity index (χ1n) is 19.1. The maximum absolute atomic E-state index is 8.22. The van der Waals surface area contributed by atoms with E-state index >= 15 is 0 Å². The number of rotatable bonds is 5. The average Bonchev–Trinajstić information content (AvgIpc) is 3.77. The van der Waals surface area contributed by atoms with E-state index in [1.54, 1.807) is 0 Å². The molecule has 0 unspecified atom stereocenters. The van der Waals surface area contributed by atoms with Crippen molar-refractivity contribution in [2.24, 2.45) is 0 Å². The van der Waals surface area contributed by atoms with E-state index in [2.05, 4.69) is 150 Å². The number of nitrogens with zero attached hydrogens (tertiary/aromatic N) is 4. The number of hydrogen-bond donors (Lipinski definition) is 0. The summed E-state index contributed by atoms with van der Waals surface area (Å²) in [6.45, 7) is 8.22. The van der Waals surface area contributed by atoms with Crippen molar-refractivity contribution in [1.82, 2.24) is 15.0 Å². The molecule has 1 heterocycles. The molecule has 8 aromatic carbocycles. The zero-order valence-electron chi connectivity index (χ0n) is 30.8. The minimum atomic E-state index is -0.573. The highest BCUT2D eigenvalue weighted by Crippen LogP contribution is 2.64. The first kappa shape index (κ1) is 32.7. The molecule has 57 heavy (non-hydrogen) atoms. The summed E-state index contributed by atoms with van der Waals surface area (Å²) in [6, 6.07) is 67.8. The monoisotopic (exact) mass is 724 g/mol. The Morgan fingerprint density at radius 1 is 0.333 bits per heavy atom. The van der Waals surface area contributed by atoms with Gasteiger partial charge in [0.1, 0.15) is 0 Å². The Morgan fingerprint density at radius 3 is 1.46 bits per heavy atom. The van der Waals surface area contributed by atoms with Crippen LogP contribution in [0.1, 0.15) is 22.3 Å². The molecule has 4 nitrogen and oxygen atoms in total. The predicted molar refractivity (Wildman–Crippen MR) is 230 cm³/mol. The van der Waals surface area contributed by atoms with Crippen LogP contribution in [-0.2, 0) is 5.41 Å². The van der Waals surface area contributed by atoms with Gasteiger partial charge in [0.15, 0.2) is 23.2 Å². The van der Waals surface area contributed by atoms with E-state index < -0.39 is 5.41 Å². The molecule has 4 heteroatoms. The fourth-order valence-corrected chi connectivity index (χ4v) is 9.14. The Hall–Kier alpha value is -7.74. The van der Waals surface area contributed by atoms with Crippen LogP contribution in [0.2, 0.25) is 0 Å². The second-order valence-corrected chi connectivity index (χ2v) is 14.6. The first-order chi connectivity index (χ1) is 28.2. The lowest BCUT2D eigenvalue weighted by Crippen LogP contribution is -2.25. The van der Waals surface area contributed by atoms with E-state index in [-0.39, 0.29) is 0 Å². The summed E-state index contributed by atoms with van der Waals surface area (Å²) >= 11 is 0.